The van der Waals surface area contributed by atoms with Gasteiger partial charge in [0.1, 0.15) is 17.6 Å². The van der Waals surface area contributed by atoms with Crippen LogP contribution in [0.1, 0.15) is 5.56 Å². The van der Waals surface area contributed by atoms with Gasteiger partial charge in [0.2, 0.25) is 0 Å². The third-order valence-electron chi connectivity index (χ3n) is 2.80. The topological polar surface area (TPSA) is 83.7 Å². The van der Waals surface area contributed by atoms with E-state index in [1.165, 1.54) is 6.20 Å². The van der Waals surface area contributed by atoms with Gasteiger partial charge in [0.25, 0.3) is 0 Å². The maximum Gasteiger partial charge on any atom is 0.321 e. The predicted octanol–water partition coefficient (Wildman–Crippen LogP) is 4.04. The van der Waals surface area contributed by atoms with Crippen molar-refractivity contribution in [1.82, 2.24) is 15.0 Å². The number of benzene rings is 1. The van der Waals surface area contributed by atoms with Crippen molar-refractivity contribution in [3.05, 3.63) is 65.0 Å². The summed E-state index contributed by atoms with van der Waals surface area (Å²) in [7, 11) is 0. The first-order valence-corrected chi connectivity index (χ1v) is 7.41. The van der Waals surface area contributed by atoms with E-state index in [1.54, 1.807) is 24.5 Å². The summed E-state index contributed by atoms with van der Waals surface area (Å²) in [4.78, 5) is 12.3. The number of nitrogens with zero attached hydrogens (tertiary/aromatic N) is 4. The van der Waals surface area contributed by atoms with Crippen molar-refractivity contribution in [2.24, 2.45) is 0 Å². The van der Waals surface area contributed by atoms with Gasteiger partial charge in [-0.25, -0.2) is 15.0 Å². The Labute approximate surface area is 140 Å². The Morgan fingerprint density at radius 2 is 1.87 bits per heavy atom. The summed E-state index contributed by atoms with van der Waals surface area (Å²) in [5.74, 6) is 1.24. The lowest BCUT2D eigenvalue weighted by Gasteiger charge is -2.08. The molecule has 0 spiro atoms. The molecule has 1 aromatic carbocycles. The number of nitriles is 1. The highest BCUT2D eigenvalue weighted by molar-refractivity contribution is 9.10. The number of nitrogens with one attached hydrogen (secondary N) is 1. The van der Waals surface area contributed by atoms with Gasteiger partial charge in [0.15, 0.2) is 0 Å². The average Bonchev–Trinajstić information content (AvgIpc) is 2.58. The van der Waals surface area contributed by atoms with Crippen LogP contribution in [0.2, 0.25) is 0 Å². The Bertz CT molecular complexity index is 844. The molecule has 1 N–H and O–H groups in total. The van der Waals surface area contributed by atoms with Gasteiger partial charge in [-0.15, -0.1) is 0 Å². The second-order valence-electron chi connectivity index (χ2n) is 4.48. The molecule has 0 aliphatic rings. The third-order valence-corrected chi connectivity index (χ3v) is 3.21. The quantitative estimate of drug-likeness (QED) is 0.748. The van der Waals surface area contributed by atoms with Crippen molar-refractivity contribution in [2.45, 2.75) is 0 Å². The summed E-state index contributed by atoms with van der Waals surface area (Å²) in [6.45, 7) is 0. The number of aromatic nitrogens is 3. The van der Waals surface area contributed by atoms with Crippen molar-refractivity contribution in [3.8, 4) is 17.8 Å². The summed E-state index contributed by atoms with van der Waals surface area (Å²) in [6.07, 6.45) is 4.74. The van der Waals surface area contributed by atoms with Crippen molar-refractivity contribution < 1.29 is 4.74 Å². The van der Waals surface area contributed by atoms with Crippen molar-refractivity contribution in [1.29, 1.82) is 5.26 Å². The molecule has 3 aromatic rings. The van der Waals surface area contributed by atoms with E-state index in [1.807, 2.05) is 30.3 Å². The molecular formula is C16H10BrN5O. The molecule has 112 valence electrons. The number of halogens is 1. The Morgan fingerprint density at radius 1 is 1.04 bits per heavy atom. The molecule has 0 amide bonds. The van der Waals surface area contributed by atoms with Gasteiger partial charge in [-0.2, -0.15) is 5.26 Å². The predicted molar refractivity (Wildman–Crippen MR) is 88.5 cm³/mol. The first-order chi connectivity index (χ1) is 11.2. The van der Waals surface area contributed by atoms with Crippen LogP contribution in [0.25, 0.3) is 0 Å². The fraction of sp³-hybridized carbons (Fsp3) is 0. The lowest BCUT2D eigenvalue weighted by atomic mass is 10.3. The third kappa shape index (κ3) is 4.02. The van der Waals surface area contributed by atoms with E-state index < -0.39 is 0 Å². The number of ether oxygens (including phenoxy) is 1. The Morgan fingerprint density at radius 3 is 2.57 bits per heavy atom. The number of rotatable bonds is 4. The summed E-state index contributed by atoms with van der Waals surface area (Å²) in [5.41, 5.74) is 1.32. The van der Waals surface area contributed by atoms with Crippen molar-refractivity contribution in [2.75, 3.05) is 5.32 Å². The van der Waals surface area contributed by atoms with Crippen LogP contribution in [-0.2, 0) is 0 Å². The van der Waals surface area contributed by atoms with E-state index in [9.17, 15) is 0 Å². The smallest absolute Gasteiger partial charge is 0.321 e. The van der Waals surface area contributed by atoms with E-state index in [0.717, 1.165) is 10.2 Å². The second-order valence-corrected chi connectivity index (χ2v) is 5.40. The summed E-state index contributed by atoms with van der Waals surface area (Å²) < 4.78 is 6.39. The van der Waals surface area contributed by atoms with E-state index >= 15 is 0 Å². The Hall–Kier alpha value is -2.98. The zero-order valence-electron chi connectivity index (χ0n) is 11.8. The van der Waals surface area contributed by atoms with Crippen LogP contribution in [0, 0.1) is 11.3 Å². The molecule has 0 saturated heterocycles. The first-order valence-electron chi connectivity index (χ1n) is 6.61. The molecule has 7 heteroatoms. The molecule has 0 unspecified atom stereocenters. The van der Waals surface area contributed by atoms with Crippen LogP contribution in [0.5, 0.6) is 11.8 Å². The zero-order valence-corrected chi connectivity index (χ0v) is 13.4. The molecule has 2 aromatic heterocycles. The highest BCUT2D eigenvalue weighted by atomic mass is 79.9. The maximum atomic E-state index is 8.77. The number of hydrogen-bond donors (Lipinski definition) is 1. The zero-order chi connectivity index (χ0) is 16.1. The van der Waals surface area contributed by atoms with E-state index in [-0.39, 0.29) is 6.01 Å². The highest BCUT2D eigenvalue weighted by Gasteiger charge is 2.03. The molecule has 0 atom stereocenters. The summed E-state index contributed by atoms with van der Waals surface area (Å²) in [6, 6.07) is 13.1. The first kappa shape index (κ1) is 14.9. The van der Waals surface area contributed by atoms with E-state index in [2.05, 4.69) is 36.2 Å². The lowest BCUT2D eigenvalue weighted by Crippen LogP contribution is -1.95. The molecule has 0 fully saturated rings. The highest BCUT2D eigenvalue weighted by Crippen LogP contribution is 2.23. The van der Waals surface area contributed by atoms with E-state index in [4.69, 9.17) is 10.00 Å². The van der Waals surface area contributed by atoms with Gasteiger partial charge in [-0.3, -0.25) is 0 Å². The van der Waals surface area contributed by atoms with Gasteiger partial charge >= 0.3 is 6.01 Å². The van der Waals surface area contributed by atoms with Gasteiger partial charge in [0, 0.05) is 30.3 Å². The minimum Gasteiger partial charge on any atom is -0.424 e. The summed E-state index contributed by atoms with van der Waals surface area (Å²) in [5, 5.41) is 11.9. The number of anilines is 2. The Balaban J connectivity index is 1.74. The van der Waals surface area contributed by atoms with Crippen molar-refractivity contribution >= 4 is 27.4 Å². The molecule has 0 bridgehead atoms. The standard InChI is InChI=1S/C16H10BrN5O/c17-12-9-20-16(21-10-12)23-14-3-1-2-13(6-14)22-15-5-4-11(7-18)8-19-15/h1-6,8-10H,(H,19,22). The molecule has 3 rings (SSSR count). The number of pyridine rings is 1. The average molecular weight is 368 g/mol. The molecule has 0 radical (unpaired) electrons. The van der Waals surface area contributed by atoms with Crippen LogP contribution < -0.4 is 10.1 Å². The monoisotopic (exact) mass is 367 g/mol. The van der Waals surface area contributed by atoms with Crippen LogP contribution in [-0.4, -0.2) is 15.0 Å². The minimum absolute atomic E-state index is 0.266. The Kier molecular flexibility index (Phi) is 4.45. The maximum absolute atomic E-state index is 8.77. The van der Waals surface area contributed by atoms with Gasteiger partial charge in [0.05, 0.1) is 10.0 Å². The van der Waals surface area contributed by atoms with Crippen LogP contribution in [0.4, 0.5) is 11.5 Å². The number of hydrogen-bond acceptors (Lipinski definition) is 6. The summed E-state index contributed by atoms with van der Waals surface area (Å²) >= 11 is 3.27. The fourth-order valence-electron chi connectivity index (χ4n) is 1.78. The SMILES string of the molecule is N#Cc1ccc(Nc2cccc(Oc3ncc(Br)cn3)c2)nc1. The van der Waals surface area contributed by atoms with Gasteiger partial charge in [-0.05, 0) is 40.2 Å². The van der Waals surface area contributed by atoms with Gasteiger partial charge < -0.3 is 10.1 Å². The van der Waals surface area contributed by atoms with E-state index in [0.29, 0.717) is 17.1 Å². The normalized spacial score (nSPS) is 9.91. The molecule has 6 nitrogen and oxygen atoms in total. The second kappa shape index (κ2) is 6.85. The molecule has 2 heterocycles. The van der Waals surface area contributed by atoms with Crippen LogP contribution in [0.3, 0.4) is 0 Å². The molecule has 0 aliphatic heterocycles. The van der Waals surface area contributed by atoms with Crippen LogP contribution in [0.15, 0.2) is 59.5 Å². The minimum atomic E-state index is 0.266. The van der Waals surface area contributed by atoms with Gasteiger partial charge in [-0.1, -0.05) is 6.07 Å². The van der Waals surface area contributed by atoms with Crippen LogP contribution >= 0.6 is 15.9 Å². The fourth-order valence-corrected chi connectivity index (χ4v) is 1.98. The lowest BCUT2D eigenvalue weighted by molar-refractivity contribution is 0.441. The molecule has 23 heavy (non-hydrogen) atoms. The van der Waals surface area contributed by atoms with Crippen molar-refractivity contribution in [3.63, 3.8) is 0 Å². The molecule has 0 aliphatic carbocycles. The molecule has 0 saturated carbocycles. The molecular weight excluding hydrogens is 358 g/mol. The largest absolute Gasteiger partial charge is 0.424 e.